The van der Waals surface area contributed by atoms with Crippen molar-refractivity contribution in [3.63, 3.8) is 0 Å². The van der Waals surface area contributed by atoms with Gasteiger partial charge in [0.25, 0.3) is 0 Å². The summed E-state index contributed by atoms with van der Waals surface area (Å²) in [4.78, 5) is 13.9. The highest BCUT2D eigenvalue weighted by Crippen LogP contribution is 2.39. The molecule has 104 valence electrons. The topological polar surface area (TPSA) is 20.3 Å². The first-order valence-corrected chi connectivity index (χ1v) is 7.64. The largest absolute Gasteiger partial charge is 0.303 e. The van der Waals surface area contributed by atoms with Crippen LogP contribution in [0.4, 0.5) is 0 Å². The highest BCUT2D eigenvalue weighted by atomic mass is 16.1. The van der Waals surface area contributed by atoms with Crippen LogP contribution in [0.1, 0.15) is 59.3 Å². The molecular formula is C16H29NO. The number of rotatable bonds is 3. The first kappa shape index (κ1) is 14.0. The van der Waals surface area contributed by atoms with Crippen molar-refractivity contribution < 1.29 is 4.79 Å². The van der Waals surface area contributed by atoms with Gasteiger partial charge < -0.3 is 9.69 Å². The van der Waals surface area contributed by atoms with E-state index < -0.39 is 0 Å². The zero-order valence-corrected chi connectivity index (χ0v) is 12.4. The second-order valence-electron chi connectivity index (χ2n) is 7.60. The maximum Gasteiger partial charge on any atom is 0.127 e. The minimum absolute atomic E-state index is 0.00850. The molecule has 0 amide bonds. The van der Waals surface area contributed by atoms with E-state index in [9.17, 15) is 4.79 Å². The third kappa shape index (κ3) is 3.14. The Bertz CT molecular complexity index is 278. The molecule has 0 bridgehead atoms. The SMILES string of the molecule is CC(C)(C)C1CCN(CC2(C=O)CCCC2)CC1. The van der Waals surface area contributed by atoms with Crippen molar-refractivity contribution in [2.75, 3.05) is 19.6 Å². The Hall–Kier alpha value is -0.370. The van der Waals surface area contributed by atoms with Crippen LogP contribution in [0, 0.1) is 16.7 Å². The molecule has 0 aromatic rings. The van der Waals surface area contributed by atoms with Gasteiger partial charge in [0.1, 0.15) is 6.29 Å². The third-order valence-electron chi connectivity index (χ3n) is 5.20. The predicted octanol–water partition coefficient (Wildman–Crippen LogP) is 3.50. The number of carbonyl (C=O) groups excluding carboxylic acids is 1. The lowest BCUT2D eigenvalue weighted by molar-refractivity contribution is -0.117. The van der Waals surface area contributed by atoms with E-state index in [0.29, 0.717) is 5.41 Å². The summed E-state index contributed by atoms with van der Waals surface area (Å²) in [6, 6.07) is 0. The summed E-state index contributed by atoms with van der Waals surface area (Å²) in [6.45, 7) is 10.5. The molecule has 2 heteroatoms. The summed E-state index contributed by atoms with van der Waals surface area (Å²) in [7, 11) is 0. The van der Waals surface area contributed by atoms with E-state index in [1.165, 1.54) is 45.1 Å². The lowest BCUT2D eigenvalue weighted by Crippen LogP contribution is -2.43. The number of likely N-dealkylation sites (tertiary alicyclic amines) is 1. The van der Waals surface area contributed by atoms with Gasteiger partial charge in [-0.15, -0.1) is 0 Å². The zero-order valence-electron chi connectivity index (χ0n) is 12.4. The van der Waals surface area contributed by atoms with E-state index >= 15 is 0 Å². The van der Waals surface area contributed by atoms with Gasteiger partial charge in [-0.05, 0) is 50.1 Å². The van der Waals surface area contributed by atoms with Gasteiger partial charge in [-0.1, -0.05) is 33.6 Å². The van der Waals surface area contributed by atoms with E-state index in [1.54, 1.807) is 0 Å². The van der Waals surface area contributed by atoms with Crippen molar-refractivity contribution in [3.8, 4) is 0 Å². The van der Waals surface area contributed by atoms with Crippen LogP contribution in [0.5, 0.6) is 0 Å². The first-order valence-electron chi connectivity index (χ1n) is 7.64. The van der Waals surface area contributed by atoms with Crippen molar-refractivity contribution in [2.24, 2.45) is 16.7 Å². The molecule has 0 atom stereocenters. The van der Waals surface area contributed by atoms with Gasteiger partial charge in [-0.25, -0.2) is 0 Å². The molecule has 0 N–H and O–H groups in total. The van der Waals surface area contributed by atoms with E-state index in [2.05, 4.69) is 25.7 Å². The van der Waals surface area contributed by atoms with E-state index in [1.807, 2.05) is 0 Å². The fraction of sp³-hybridized carbons (Fsp3) is 0.938. The first-order chi connectivity index (χ1) is 8.45. The van der Waals surface area contributed by atoms with Crippen LogP contribution in [-0.2, 0) is 4.79 Å². The van der Waals surface area contributed by atoms with Crippen molar-refractivity contribution >= 4 is 6.29 Å². The number of aldehydes is 1. The average Bonchev–Trinajstić information content (AvgIpc) is 2.78. The maximum atomic E-state index is 11.4. The van der Waals surface area contributed by atoms with Crippen LogP contribution in [0.2, 0.25) is 0 Å². The number of hydrogen-bond donors (Lipinski definition) is 0. The minimum atomic E-state index is 0.00850. The lowest BCUT2D eigenvalue weighted by atomic mass is 9.75. The summed E-state index contributed by atoms with van der Waals surface area (Å²) in [5, 5.41) is 0. The fourth-order valence-corrected chi connectivity index (χ4v) is 3.79. The van der Waals surface area contributed by atoms with Crippen LogP contribution in [0.3, 0.4) is 0 Å². The van der Waals surface area contributed by atoms with Gasteiger partial charge in [0.05, 0.1) is 0 Å². The predicted molar refractivity (Wildman–Crippen MR) is 75.6 cm³/mol. The molecule has 1 aliphatic carbocycles. The van der Waals surface area contributed by atoms with E-state index in [0.717, 1.165) is 25.3 Å². The summed E-state index contributed by atoms with van der Waals surface area (Å²) < 4.78 is 0. The Morgan fingerprint density at radius 3 is 2.17 bits per heavy atom. The average molecular weight is 251 g/mol. The van der Waals surface area contributed by atoms with Crippen LogP contribution in [0.25, 0.3) is 0 Å². The van der Waals surface area contributed by atoms with Crippen molar-refractivity contribution in [3.05, 3.63) is 0 Å². The molecule has 0 spiro atoms. The van der Waals surface area contributed by atoms with Crippen LogP contribution in [-0.4, -0.2) is 30.8 Å². The Balaban J connectivity index is 1.85. The van der Waals surface area contributed by atoms with Gasteiger partial charge in [-0.2, -0.15) is 0 Å². The second-order valence-corrected chi connectivity index (χ2v) is 7.60. The van der Waals surface area contributed by atoms with E-state index in [-0.39, 0.29) is 5.41 Å². The third-order valence-corrected chi connectivity index (χ3v) is 5.20. The van der Waals surface area contributed by atoms with Crippen molar-refractivity contribution in [2.45, 2.75) is 59.3 Å². The molecule has 18 heavy (non-hydrogen) atoms. The molecule has 2 rings (SSSR count). The van der Waals surface area contributed by atoms with Gasteiger partial charge in [0.15, 0.2) is 0 Å². The minimum Gasteiger partial charge on any atom is -0.303 e. The Labute approximate surface area is 112 Å². The van der Waals surface area contributed by atoms with Crippen LogP contribution < -0.4 is 0 Å². The van der Waals surface area contributed by atoms with Crippen molar-refractivity contribution in [1.82, 2.24) is 4.90 Å². The van der Waals surface area contributed by atoms with E-state index in [4.69, 9.17) is 0 Å². The summed E-state index contributed by atoms with van der Waals surface area (Å²) >= 11 is 0. The number of nitrogens with zero attached hydrogens (tertiary/aromatic N) is 1. The van der Waals surface area contributed by atoms with Gasteiger partial charge in [-0.3, -0.25) is 0 Å². The molecule has 0 unspecified atom stereocenters. The smallest absolute Gasteiger partial charge is 0.127 e. The molecule has 2 fully saturated rings. The van der Waals surface area contributed by atoms with Crippen LogP contribution in [0.15, 0.2) is 0 Å². The number of carbonyl (C=O) groups is 1. The molecule has 2 nitrogen and oxygen atoms in total. The van der Waals surface area contributed by atoms with Gasteiger partial charge in [0, 0.05) is 12.0 Å². The summed E-state index contributed by atoms with van der Waals surface area (Å²) in [5.41, 5.74) is 0.455. The molecular weight excluding hydrogens is 222 g/mol. The maximum absolute atomic E-state index is 11.4. The molecule has 0 aromatic carbocycles. The summed E-state index contributed by atoms with van der Waals surface area (Å²) in [5.74, 6) is 0.851. The van der Waals surface area contributed by atoms with Gasteiger partial charge in [0.2, 0.25) is 0 Å². The molecule has 0 radical (unpaired) electrons. The monoisotopic (exact) mass is 251 g/mol. The quantitative estimate of drug-likeness (QED) is 0.716. The van der Waals surface area contributed by atoms with Crippen LogP contribution >= 0.6 is 0 Å². The second kappa shape index (κ2) is 5.32. The molecule has 1 aliphatic heterocycles. The molecule has 2 aliphatic rings. The zero-order chi connectivity index (χ0) is 13.2. The Kier molecular flexibility index (Phi) is 4.15. The Morgan fingerprint density at radius 2 is 1.72 bits per heavy atom. The number of piperidine rings is 1. The highest BCUT2D eigenvalue weighted by Gasteiger charge is 2.37. The lowest BCUT2D eigenvalue weighted by Gasteiger charge is -2.41. The normalized spacial score (nSPS) is 26.4. The molecule has 1 saturated heterocycles. The molecule has 1 heterocycles. The molecule has 0 aromatic heterocycles. The molecule has 1 saturated carbocycles. The highest BCUT2D eigenvalue weighted by molar-refractivity contribution is 5.60. The standard InChI is InChI=1S/C16H29NO/c1-15(2,3)14-6-10-17(11-7-14)12-16(13-18)8-4-5-9-16/h13-14H,4-12H2,1-3H3. The number of hydrogen-bond acceptors (Lipinski definition) is 2. The summed E-state index contributed by atoms with van der Waals surface area (Å²) in [6.07, 6.45) is 8.60. The van der Waals surface area contributed by atoms with Gasteiger partial charge >= 0.3 is 0 Å². The fourth-order valence-electron chi connectivity index (χ4n) is 3.79. The van der Waals surface area contributed by atoms with Crippen molar-refractivity contribution in [1.29, 1.82) is 0 Å². The Morgan fingerprint density at radius 1 is 1.17 bits per heavy atom.